The third kappa shape index (κ3) is 8.55. The standard InChI is InChI=1S/C33H33N5O6.C2H4O2/c1-3-30-36-20(2)31(44-30)33(41)38-12-11-28-27(18-38)37-32(40)24-13-23(16-34-17-24)22-5-4-6-26(14-22)42-19-29(39)35-15-21-7-9-25(43-28)10-8-21;1-2(3)4/h4-10,13-14,16-17,27-28H,3,11-12,15,18-19H2,1-2H3,(H,35,39)(H,37,40);1H3,(H,3,4)/t27-,28+;/m1./s1. The third-order valence-corrected chi connectivity index (χ3v) is 7.73. The highest BCUT2D eigenvalue weighted by Gasteiger charge is 2.36. The monoisotopic (exact) mass is 655 g/mol. The number of carboxylic acids is 1. The van der Waals surface area contributed by atoms with Crippen molar-refractivity contribution in [1.82, 2.24) is 25.5 Å². The molecule has 7 rings (SSSR count). The number of benzene rings is 2. The Morgan fingerprint density at radius 3 is 2.50 bits per heavy atom. The van der Waals surface area contributed by atoms with Gasteiger partial charge in [0.2, 0.25) is 5.76 Å². The molecule has 6 bridgehead atoms. The smallest absolute Gasteiger partial charge is 0.300 e. The number of ether oxygens (including phenoxy) is 2. The molecule has 48 heavy (non-hydrogen) atoms. The molecular weight excluding hydrogens is 618 g/mol. The average Bonchev–Trinajstić information content (AvgIpc) is 3.47. The van der Waals surface area contributed by atoms with Crippen LogP contribution in [0.15, 0.2) is 71.4 Å². The van der Waals surface area contributed by atoms with E-state index in [-0.39, 0.29) is 36.6 Å². The highest BCUT2D eigenvalue weighted by Crippen LogP contribution is 2.26. The maximum atomic E-state index is 13.6. The van der Waals surface area contributed by atoms with E-state index in [1.54, 1.807) is 36.2 Å². The molecule has 3 amide bonds. The van der Waals surface area contributed by atoms with Gasteiger partial charge in [0.05, 0.1) is 17.3 Å². The molecule has 3 aliphatic heterocycles. The predicted octanol–water partition coefficient (Wildman–Crippen LogP) is 3.80. The van der Waals surface area contributed by atoms with Gasteiger partial charge >= 0.3 is 0 Å². The number of likely N-dealkylation sites (tertiary alicyclic amines) is 1. The Labute approximate surface area is 277 Å². The number of aryl methyl sites for hydroxylation is 2. The fraction of sp³-hybridized carbons (Fsp3) is 0.314. The van der Waals surface area contributed by atoms with Crippen LogP contribution < -0.4 is 20.1 Å². The molecule has 0 spiro atoms. The van der Waals surface area contributed by atoms with Crippen LogP contribution in [-0.4, -0.2) is 75.5 Å². The highest BCUT2D eigenvalue weighted by atomic mass is 16.5. The molecule has 2 aromatic heterocycles. The number of aliphatic carboxylic acids is 1. The molecule has 2 aromatic carbocycles. The van der Waals surface area contributed by atoms with Crippen molar-refractivity contribution in [2.45, 2.75) is 52.3 Å². The number of pyridine rings is 1. The number of carbonyl (C=O) groups is 4. The minimum atomic E-state index is -0.833. The zero-order valence-electron chi connectivity index (χ0n) is 26.9. The molecule has 0 aliphatic carbocycles. The lowest BCUT2D eigenvalue weighted by Crippen LogP contribution is -2.58. The number of fused-ring (bicyclic) bond motifs is 7. The summed E-state index contributed by atoms with van der Waals surface area (Å²) in [5.74, 6) is 0.156. The minimum Gasteiger partial charge on any atom is -0.488 e. The van der Waals surface area contributed by atoms with E-state index < -0.39 is 18.1 Å². The first-order valence-electron chi connectivity index (χ1n) is 15.6. The molecule has 5 heterocycles. The van der Waals surface area contributed by atoms with Gasteiger partial charge in [-0.1, -0.05) is 31.2 Å². The zero-order valence-corrected chi connectivity index (χ0v) is 26.9. The number of oxazole rings is 1. The van der Waals surface area contributed by atoms with Gasteiger partial charge < -0.3 is 34.5 Å². The van der Waals surface area contributed by atoms with Gasteiger partial charge in [-0.2, -0.15) is 0 Å². The summed E-state index contributed by atoms with van der Waals surface area (Å²) < 4.78 is 17.8. The fourth-order valence-electron chi connectivity index (χ4n) is 5.34. The number of piperidine rings is 1. The summed E-state index contributed by atoms with van der Waals surface area (Å²) >= 11 is 0. The van der Waals surface area contributed by atoms with Gasteiger partial charge in [0.15, 0.2) is 12.5 Å². The van der Waals surface area contributed by atoms with E-state index in [4.69, 9.17) is 23.8 Å². The normalized spacial score (nSPS) is 17.7. The van der Waals surface area contributed by atoms with Crippen LogP contribution in [0.2, 0.25) is 0 Å². The molecule has 13 nitrogen and oxygen atoms in total. The molecule has 1 fully saturated rings. The van der Waals surface area contributed by atoms with Crippen LogP contribution in [0.25, 0.3) is 11.1 Å². The Hall–Kier alpha value is -5.72. The van der Waals surface area contributed by atoms with Gasteiger partial charge in [0, 0.05) is 57.4 Å². The van der Waals surface area contributed by atoms with Crippen molar-refractivity contribution < 1.29 is 38.2 Å². The van der Waals surface area contributed by atoms with Gasteiger partial charge in [-0.25, -0.2) is 4.98 Å². The number of aromatic nitrogens is 2. The molecule has 0 radical (unpaired) electrons. The molecule has 1 saturated heterocycles. The van der Waals surface area contributed by atoms with Crippen LogP contribution in [0, 0.1) is 6.92 Å². The molecule has 250 valence electrons. The second-order valence-electron chi connectivity index (χ2n) is 11.4. The van der Waals surface area contributed by atoms with Crippen molar-refractivity contribution in [1.29, 1.82) is 0 Å². The van der Waals surface area contributed by atoms with Crippen molar-refractivity contribution in [3.05, 3.63) is 95.5 Å². The molecule has 4 aromatic rings. The van der Waals surface area contributed by atoms with Crippen molar-refractivity contribution in [2.24, 2.45) is 0 Å². The first-order valence-corrected chi connectivity index (χ1v) is 15.6. The molecule has 0 saturated carbocycles. The van der Waals surface area contributed by atoms with Gasteiger partial charge in [-0.15, -0.1) is 0 Å². The Bertz CT molecular complexity index is 1780. The summed E-state index contributed by atoms with van der Waals surface area (Å²) in [6.45, 7) is 5.58. The van der Waals surface area contributed by atoms with Crippen molar-refractivity contribution in [3.8, 4) is 22.6 Å². The van der Waals surface area contributed by atoms with E-state index >= 15 is 0 Å². The number of rotatable bonds is 2. The largest absolute Gasteiger partial charge is 0.488 e. The molecule has 13 heteroatoms. The van der Waals surface area contributed by atoms with E-state index in [1.807, 2.05) is 43.3 Å². The lowest BCUT2D eigenvalue weighted by atomic mass is 10.00. The van der Waals surface area contributed by atoms with Crippen LogP contribution >= 0.6 is 0 Å². The van der Waals surface area contributed by atoms with Gasteiger partial charge in [0.25, 0.3) is 23.7 Å². The SMILES string of the molecule is CC(=O)O.CCc1nc(C)c(C(=O)N2CC[C@@H]3Oc4ccc(cc4)CNC(=O)COc4cccc(c4)-c4cncc(c4)C(=O)N[C@@H]3C2)o1. The van der Waals surface area contributed by atoms with E-state index in [9.17, 15) is 14.4 Å². The fourth-order valence-corrected chi connectivity index (χ4v) is 5.34. The molecule has 0 unspecified atom stereocenters. The summed E-state index contributed by atoms with van der Waals surface area (Å²) in [6, 6.07) is 15.9. The van der Waals surface area contributed by atoms with Crippen LogP contribution in [0.5, 0.6) is 11.5 Å². The van der Waals surface area contributed by atoms with Crippen LogP contribution in [-0.2, 0) is 22.6 Å². The summed E-state index contributed by atoms with van der Waals surface area (Å²) in [5, 5.41) is 13.4. The van der Waals surface area contributed by atoms with E-state index in [0.717, 1.165) is 18.1 Å². The van der Waals surface area contributed by atoms with Crippen LogP contribution in [0.4, 0.5) is 0 Å². The minimum absolute atomic E-state index is 0.135. The predicted molar refractivity (Wildman–Crippen MR) is 174 cm³/mol. The summed E-state index contributed by atoms with van der Waals surface area (Å²) in [5.41, 5.74) is 3.28. The van der Waals surface area contributed by atoms with E-state index in [0.29, 0.717) is 60.1 Å². The van der Waals surface area contributed by atoms with E-state index in [1.165, 1.54) is 6.20 Å². The maximum absolute atomic E-state index is 13.6. The number of hydrogen-bond donors (Lipinski definition) is 3. The van der Waals surface area contributed by atoms with Crippen LogP contribution in [0.3, 0.4) is 0 Å². The Kier molecular flexibility index (Phi) is 10.7. The first kappa shape index (κ1) is 33.6. The van der Waals surface area contributed by atoms with Crippen molar-refractivity contribution in [2.75, 3.05) is 19.7 Å². The highest BCUT2D eigenvalue weighted by molar-refractivity contribution is 5.96. The number of nitrogens with one attached hydrogen (secondary N) is 2. The maximum Gasteiger partial charge on any atom is 0.300 e. The number of carboxylic acid groups (broad SMARTS) is 1. The van der Waals surface area contributed by atoms with Gasteiger partial charge in [-0.05, 0) is 48.4 Å². The number of carbonyl (C=O) groups excluding carboxylic acids is 3. The Morgan fingerprint density at radius 2 is 1.77 bits per heavy atom. The zero-order chi connectivity index (χ0) is 34.2. The molecular formula is C35H37N5O8. The van der Waals surface area contributed by atoms with Gasteiger partial charge in [0.1, 0.15) is 17.6 Å². The number of hydrogen-bond acceptors (Lipinski definition) is 9. The number of amides is 3. The molecule has 2 atom stereocenters. The van der Waals surface area contributed by atoms with Crippen molar-refractivity contribution in [3.63, 3.8) is 0 Å². The lowest BCUT2D eigenvalue weighted by molar-refractivity contribution is -0.134. The van der Waals surface area contributed by atoms with Gasteiger partial charge in [-0.3, -0.25) is 24.2 Å². The Morgan fingerprint density at radius 1 is 1.02 bits per heavy atom. The summed E-state index contributed by atoms with van der Waals surface area (Å²) in [7, 11) is 0. The topological polar surface area (TPSA) is 173 Å². The summed E-state index contributed by atoms with van der Waals surface area (Å²) in [6.07, 6.45) is 3.81. The molecule has 3 N–H and O–H groups in total. The Balaban J connectivity index is 0.00000107. The average molecular weight is 656 g/mol. The summed E-state index contributed by atoms with van der Waals surface area (Å²) in [4.78, 5) is 58.9. The second-order valence-corrected chi connectivity index (χ2v) is 11.4. The van der Waals surface area contributed by atoms with Crippen LogP contribution in [0.1, 0.15) is 58.3 Å². The number of nitrogens with zero attached hydrogens (tertiary/aromatic N) is 3. The lowest BCUT2D eigenvalue weighted by Gasteiger charge is -2.38. The molecule has 3 aliphatic rings. The second kappa shape index (κ2) is 15.2. The van der Waals surface area contributed by atoms with Crippen molar-refractivity contribution >= 4 is 23.7 Å². The first-order chi connectivity index (χ1) is 23.1. The van der Waals surface area contributed by atoms with E-state index in [2.05, 4.69) is 20.6 Å². The quantitative estimate of drug-likeness (QED) is 0.288. The third-order valence-electron chi connectivity index (χ3n) is 7.73.